The molecule has 0 spiro atoms. The van der Waals surface area contributed by atoms with Crippen molar-refractivity contribution >= 4 is 35.1 Å². The fourth-order valence-corrected chi connectivity index (χ4v) is 3.41. The van der Waals surface area contributed by atoms with Crippen molar-refractivity contribution in [3.05, 3.63) is 75.8 Å². The summed E-state index contributed by atoms with van der Waals surface area (Å²) in [6, 6.07) is 9.83. The number of carbonyl (C=O) groups excluding carboxylic acids is 2. The zero-order valence-corrected chi connectivity index (χ0v) is 16.6. The summed E-state index contributed by atoms with van der Waals surface area (Å²) >= 11 is 12.0. The molecular weight excluding hydrogens is 420 g/mol. The second-order valence-corrected chi connectivity index (χ2v) is 7.54. The van der Waals surface area contributed by atoms with Gasteiger partial charge in [-0.25, -0.2) is 14.2 Å². The molecular formula is C20H14Cl2FN3O3. The van der Waals surface area contributed by atoms with Gasteiger partial charge in [-0.3, -0.25) is 9.69 Å². The maximum Gasteiger partial charge on any atom is 0.325 e. The van der Waals surface area contributed by atoms with Crippen LogP contribution in [0.25, 0.3) is 11.5 Å². The normalized spacial score (nSPS) is 19.0. The van der Waals surface area contributed by atoms with Crippen molar-refractivity contribution in [3.63, 3.8) is 0 Å². The second kappa shape index (κ2) is 7.17. The highest BCUT2D eigenvalue weighted by Crippen LogP contribution is 2.33. The third kappa shape index (κ3) is 3.47. The minimum absolute atomic E-state index is 0.0771. The largest absolute Gasteiger partial charge is 0.444 e. The van der Waals surface area contributed by atoms with E-state index in [9.17, 15) is 14.0 Å². The summed E-state index contributed by atoms with van der Waals surface area (Å²) in [5.74, 6) is -0.562. The van der Waals surface area contributed by atoms with E-state index in [4.69, 9.17) is 27.6 Å². The molecule has 0 bridgehead atoms. The van der Waals surface area contributed by atoms with E-state index in [0.29, 0.717) is 21.8 Å². The van der Waals surface area contributed by atoms with Crippen LogP contribution in [0.5, 0.6) is 0 Å². The van der Waals surface area contributed by atoms with E-state index in [1.807, 2.05) is 0 Å². The highest BCUT2D eigenvalue weighted by Gasteiger charge is 2.49. The minimum Gasteiger partial charge on any atom is -0.444 e. The SMILES string of the molecule is CC1(c2ccc(Cl)c(Cl)c2)NC(=O)N(Cc2coc(-c3ccc(F)cc3)n2)C1=O. The molecule has 1 aliphatic heterocycles. The zero-order valence-electron chi connectivity index (χ0n) is 15.1. The summed E-state index contributed by atoms with van der Waals surface area (Å²) in [5, 5.41) is 3.33. The van der Waals surface area contributed by atoms with Gasteiger partial charge in [-0.1, -0.05) is 29.3 Å². The van der Waals surface area contributed by atoms with E-state index >= 15 is 0 Å². The van der Waals surface area contributed by atoms with Gasteiger partial charge in [0.15, 0.2) is 0 Å². The van der Waals surface area contributed by atoms with E-state index in [-0.39, 0.29) is 23.3 Å². The van der Waals surface area contributed by atoms with Crippen LogP contribution in [0.3, 0.4) is 0 Å². The first-order valence-corrected chi connectivity index (χ1v) is 9.33. The Labute approximate surface area is 175 Å². The molecule has 148 valence electrons. The Bertz CT molecular complexity index is 1120. The first-order valence-electron chi connectivity index (χ1n) is 8.58. The van der Waals surface area contributed by atoms with Gasteiger partial charge in [-0.05, 0) is 48.9 Å². The Balaban J connectivity index is 1.57. The second-order valence-electron chi connectivity index (χ2n) is 6.73. The number of halogens is 3. The molecule has 6 nitrogen and oxygen atoms in total. The van der Waals surface area contributed by atoms with Crippen LogP contribution in [-0.4, -0.2) is 21.8 Å². The first kappa shape index (κ1) is 19.4. The van der Waals surface area contributed by atoms with Crippen molar-refractivity contribution in [3.8, 4) is 11.5 Å². The van der Waals surface area contributed by atoms with Crippen molar-refractivity contribution < 1.29 is 18.4 Å². The van der Waals surface area contributed by atoms with Crippen LogP contribution in [-0.2, 0) is 16.9 Å². The van der Waals surface area contributed by atoms with Gasteiger partial charge in [-0.2, -0.15) is 0 Å². The Kier molecular flexibility index (Phi) is 4.80. The molecule has 3 aromatic rings. The van der Waals surface area contributed by atoms with Gasteiger partial charge in [0.1, 0.15) is 17.6 Å². The average molecular weight is 434 g/mol. The van der Waals surface area contributed by atoms with Crippen LogP contribution in [0.4, 0.5) is 9.18 Å². The fraction of sp³-hybridized carbons (Fsp3) is 0.150. The molecule has 9 heteroatoms. The van der Waals surface area contributed by atoms with Crippen molar-refractivity contribution in [2.45, 2.75) is 19.0 Å². The summed E-state index contributed by atoms with van der Waals surface area (Å²) in [7, 11) is 0. The van der Waals surface area contributed by atoms with Crippen LogP contribution in [0.15, 0.2) is 53.1 Å². The van der Waals surface area contributed by atoms with Gasteiger partial charge in [0, 0.05) is 5.56 Å². The molecule has 3 amide bonds. The Hall–Kier alpha value is -2.90. The monoisotopic (exact) mass is 433 g/mol. The number of oxazole rings is 1. The van der Waals surface area contributed by atoms with Crippen molar-refractivity contribution in [1.29, 1.82) is 0 Å². The number of amides is 3. The fourth-order valence-electron chi connectivity index (χ4n) is 3.11. The van der Waals surface area contributed by atoms with E-state index < -0.39 is 17.5 Å². The van der Waals surface area contributed by atoms with Crippen LogP contribution < -0.4 is 5.32 Å². The summed E-state index contributed by atoms with van der Waals surface area (Å²) in [5.41, 5.74) is 0.191. The summed E-state index contributed by atoms with van der Waals surface area (Å²) in [6.07, 6.45) is 1.36. The Morgan fingerprint density at radius 2 is 1.86 bits per heavy atom. The number of hydrogen-bond acceptors (Lipinski definition) is 4. The van der Waals surface area contributed by atoms with Crippen LogP contribution in [0.1, 0.15) is 18.2 Å². The molecule has 1 fully saturated rings. The van der Waals surface area contributed by atoms with Gasteiger partial charge in [-0.15, -0.1) is 0 Å². The molecule has 0 radical (unpaired) electrons. The van der Waals surface area contributed by atoms with Crippen molar-refractivity contribution in [2.75, 3.05) is 0 Å². The number of rotatable bonds is 4. The number of benzene rings is 2. The van der Waals surface area contributed by atoms with Crippen LogP contribution in [0, 0.1) is 5.82 Å². The molecule has 1 N–H and O–H groups in total. The number of aromatic nitrogens is 1. The first-order chi connectivity index (χ1) is 13.8. The molecule has 1 unspecified atom stereocenters. The van der Waals surface area contributed by atoms with E-state index in [1.165, 1.54) is 30.5 Å². The van der Waals surface area contributed by atoms with Gasteiger partial charge in [0.05, 0.1) is 22.3 Å². The van der Waals surface area contributed by atoms with Gasteiger partial charge in [0.2, 0.25) is 5.89 Å². The lowest BCUT2D eigenvalue weighted by Gasteiger charge is -2.22. The van der Waals surface area contributed by atoms with Gasteiger partial charge < -0.3 is 9.73 Å². The molecule has 0 aliphatic carbocycles. The lowest BCUT2D eigenvalue weighted by molar-refractivity contribution is -0.131. The van der Waals surface area contributed by atoms with Gasteiger partial charge in [0.25, 0.3) is 5.91 Å². The Morgan fingerprint density at radius 1 is 1.14 bits per heavy atom. The summed E-state index contributed by atoms with van der Waals surface area (Å²) in [6.45, 7) is 1.52. The number of urea groups is 1. The minimum atomic E-state index is -1.28. The number of carbonyl (C=O) groups is 2. The third-order valence-corrected chi connectivity index (χ3v) is 5.47. The third-order valence-electron chi connectivity index (χ3n) is 4.73. The van der Waals surface area contributed by atoms with E-state index in [1.54, 1.807) is 25.1 Å². The highest BCUT2D eigenvalue weighted by molar-refractivity contribution is 6.42. The predicted octanol–water partition coefficient (Wildman–Crippen LogP) is 4.75. The number of hydrogen-bond donors (Lipinski definition) is 1. The molecule has 4 rings (SSSR count). The van der Waals surface area contributed by atoms with Gasteiger partial charge >= 0.3 is 6.03 Å². The van der Waals surface area contributed by atoms with E-state index in [2.05, 4.69) is 10.3 Å². The molecule has 29 heavy (non-hydrogen) atoms. The van der Waals surface area contributed by atoms with Crippen LogP contribution in [0.2, 0.25) is 10.0 Å². The number of nitrogens with one attached hydrogen (secondary N) is 1. The lowest BCUT2D eigenvalue weighted by atomic mass is 9.92. The maximum absolute atomic E-state index is 13.1. The number of nitrogens with zero attached hydrogens (tertiary/aromatic N) is 2. The average Bonchev–Trinajstić information content (AvgIpc) is 3.24. The quantitative estimate of drug-likeness (QED) is 0.602. The molecule has 1 saturated heterocycles. The van der Waals surface area contributed by atoms with Crippen molar-refractivity contribution in [2.24, 2.45) is 0 Å². The van der Waals surface area contributed by atoms with Crippen LogP contribution >= 0.6 is 23.2 Å². The van der Waals surface area contributed by atoms with E-state index in [0.717, 1.165) is 4.90 Å². The summed E-state index contributed by atoms with van der Waals surface area (Å²) < 4.78 is 18.5. The Morgan fingerprint density at radius 3 is 2.55 bits per heavy atom. The predicted molar refractivity (Wildman–Crippen MR) is 105 cm³/mol. The van der Waals surface area contributed by atoms with Crippen molar-refractivity contribution in [1.82, 2.24) is 15.2 Å². The standard InChI is InChI=1S/C20H14Cl2FN3O3/c1-20(12-4-7-15(21)16(22)8-12)18(27)26(19(28)25-20)9-14-10-29-17(24-14)11-2-5-13(23)6-3-11/h2-8,10H,9H2,1H3,(H,25,28). The smallest absolute Gasteiger partial charge is 0.325 e. The molecule has 1 atom stereocenters. The highest BCUT2D eigenvalue weighted by atomic mass is 35.5. The summed E-state index contributed by atoms with van der Waals surface area (Å²) in [4.78, 5) is 30.8. The zero-order chi connectivity index (χ0) is 20.8. The molecule has 0 saturated carbocycles. The lowest BCUT2D eigenvalue weighted by Crippen LogP contribution is -2.40. The topological polar surface area (TPSA) is 75.4 Å². The molecule has 2 heterocycles. The maximum atomic E-state index is 13.1. The molecule has 2 aromatic carbocycles. The number of imide groups is 1. The molecule has 1 aromatic heterocycles. The molecule has 1 aliphatic rings.